The molecule has 1 aromatic heterocycles. The highest BCUT2D eigenvalue weighted by Crippen LogP contribution is 2.29. The Kier molecular flexibility index (Phi) is 5.77. The van der Waals surface area contributed by atoms with Gasteiger partial charge in [0.05, 0.1) is 22.5 Å². The van der Waals surface area contributed by atoms with Crippen LogP contribution in [0.25, 0.3) is 5.69 Å². The first kappa shape index (κ1) is 20.6. The van der Waals surface area contributed by atoms with Crippen molar-refractivity contribution in [3.05, 3.63) is 76.5 Å². The summed E-state index contributed by atoms with van der Waals surface area (Å²) in [4.78, 5) is 12.5. The highest BCUT2D eigenvalue weighted by molar-refractivity contribution is 5.91. The van der Waals surface area contributed by atoms with Gasteiger partial charge < -0.3 is 4.74 Å². The van der Waals surface area contributed by atoms with Gasteiger partial charge in [-0.1, -0.05) is 31.0 Å². The molecule has 0 aliphatic carbocycles. The first-order chi connectivity index (χ1) is 13.7. The molecule has 0 saturated heterocycles. The van der Waals surface area contributed by atoms with E-state index in [1.807, 2.05) is 39.0 Å². The predicted molar refractivity (Wildman–Crippen MR) is 103 cm³/mol. The van der Waals surface area contributed by atoms with Crippen molar-refractivity contribution in [1.29, 1.82) is 0 Å². The van der Waals surface area contributed by atoms with Gasteiger partial charge in [-0.05, 0) is 56.2 Å². The second-order valence-corrected chi connectivity index (χ2v) is 6.89. The first-order valence-electron chi connectivity index (χ1n) is 9.25. The summed E-state index contributed by atoms with van der Waals surface area (Å²) in [6, 6.07) is 11.4. The Balaban J connectivity index is 1.92. The molecule has 0 N–H and O–H groups in total. The summed E-state index contributed by atoms with van der Waals surface area (Å²) in [5.41, 5.74) is 2.80. The van der Waals surface area contributed by atoms with Crippen LogP contribution >= 0.6 is 0 Å². The van der Waals surface area contributed by atoms with Gasteiger partial charge in [-0.2, -0.15) is 18.3 Å². The van der Waals surface area contributed by atoms with Crippen LogP contribution in [0.1, 0.15) is 46.1 Å². The Bertz CT molecular complexity index is 1020. The number of esters is 1. The third-order valence-electron chi connectivity index (χ3n) is 4.46. The second-order valence-electron chi connectivity index (χ2n) is 6.89. The van der Waals surface area contributed by atoms with Crippen LogP contribution in [0.2, 0.25) is 0 Å². The highest BCUT2D eigenvalue weighted by Gasteiger charge is 2.30. The number of ether oxygens (including phenoxy) is 1. The monoisotopic (exact) mass is 402 g/mol. The van der Waals surface area contributed by atoms with E-state index in [1.165, 1.54) is 0 Å². The van der Waals surface area contributed by atoms with Gasteiger partial charge in [-0.15, -0.1) is 0 Å². The van der Waals surface area contributed by atoms with Crippen molar-refractivity contribution in [3.8, 4) is 11.6 Å². The molecular formula is C22H21F3N2O2. The van der Waals surface area contributed by atoms with Crippen LogP contribution in [0.3, 0.4) is 0 Å². The zero-order chi connectivity index (χ0) is 21.2. The summed E-state index contributed by atoms with van der Waals surface area (Å²) >= 11 is 0. The van der Waals surface area contributed by atoms with Crippen LogP contribution in [-0.2, 0) is 12.6 Å². The van der Waals surface area contributed by atoms with E-state index in [0.29, 0.717) is 6.42 Å². The molecule has 0 bridgehead atoms. The molecule has 0 spiro atoms. The maximum absolute atomic E-state index is 12.7. The summed E-state index contributed by atoms with van der Waals surface area (Å²) in [6.45, 7) is 5.93. The number of carbonyl (C=O) groups excluding carboxylic acids is 1. The smallest absolute Gasteiger partial charge is 0.404 e. The topological polar surface area (TPSA) is 44.1 Å². The molecule has 3 rings (SSSR count). The Morgan fingerprint density at radius 1 is 1.07 bits per heavy atom. The van der Waals surface area contributed by atoms with Crippen molar-refractivity contribution < 1.29 is 22.7 Å². The Hall–Kier alpha value is -3.09. The fourth-order valence-electron chi connectivity index (χ4n) is 3.03. The molecule has 4 nitrogen and oxygen atoms in total. The first-order valence-corrected chi connectivity index (χ1v) is 9.25. The van der Waals surface area contributed by atoms with Gasteiger partial charge in [-0.25, -0.2) is 9.48 Å². The second kappa shape index (κ2) is 8.11. The molecule has 0 unspecified atom stereocenters. The summed E-state index contributed by atoms with van der Waals surface area (Å²) in [5, 5.41) is 4.54. The van der Waals surface area contributed by atoms with E-state index in [0.717, 1.165) is 53.2 Å². The van der Waals surface area contributed by atoms with E-state index in [1.54, 1.807) is 10.7 Å². The molecule has 0 amide bonds. The van der Waals surface area contributed by atoms with Crippen molar-refractivity contribution >= 4 is 5.97 Å². The lowest BCUT2D eigenvalue weighted by molar-refractivity contribution is -0.137. The molecule has 2 aromatic carbocycles. The van der Waals surface area contributed by atoms with Crippen molar-refractivity contribution in [2.24, 2.45) is 0 Å². The number of aromatic nitrogens is 2. The number of benzene rings is 2. The normalized spacial score (nSPS) is 11.5. The van der Waals surface area contributed by atoms with Gasteiger partial charge in [0.25, 0.3) is 0 Å². The van der Waals surface area contributed by atoms with E-state index in [9.17, 15) is 18.0 Å². The third-order valence-corrected chi connectivity index (χ3v) is 4.46. The minimum absolute atomic E-state index is 0.0309. The number of aryl methyl sites for hydroxylation is 3. The van der Waals surface area contributed by atoms with Crippen molar-refractivity contribution in [2.75, 3.05) is 0 Å². The number of alkyl halides is 3. The molecule has 0 aliphatic heterocycles. The predicted octanol–water partition coefficient (Wildman–Crippen LogP) is 5.68. The molecule has 0 fully saturated rings. The average Bonchev–Trinajstić information content (AvgIpc) is 3.03. The lowest BCUT2D eigenvalue weighted by Gasteiger charge is -2.11. The highest BCUT2D eigenvalue weighted by atomic mass is 19.4. The molecular weight excluding hydrogens is 381 g/mol. The Morgan fingerprint density at radius 2 is 1.76 bits per heavy atom. The van der Waals surface area contributed by atoms with Crippen LogP contribution in [0.5, 0.6) is 5.88 Å². The van der Waals surface area contributed by atoms with Crippen LogP contribution in [-0.4, -0.2) is 15.7 Å². The van der Waals surface area contributed by atoms with E-state index < -0.39 is 17.7 Å². The average molecular weight is 402 g/mol. The van der Waals surface area contributed by atoms with Gasteiger partial charge in [0.15, 0.2) is 0 Å². The molecule has 0 aliphatic rings. The zero-order valence-electron chi connectivity index (χ0n) is 16.4. The number of hydrogen-bond donors (Lipinski definition) is 0. The Morgan fingerprint density at radius 3 is 2.34 bits per heavy atom. The molecule has 7 heteroatoms. The standard InChI is InChI=1S/C22H21F3N2O2/c1-4-5-18-13-20(27(26-18)19-11-6-14(2)12-15(19)3)29-21(28)16-7-9-17(10-8-16)22(23,24)25/h6-13H,4-5H2,1-3H3. The van der Waals surface area contributed by atoms with Gasteiger partial charge in [0, 0.05) is 6.07 Å². The fraction of sp³-hybridized carbons (Fsp3) is 0.273. The van der Waals surface area contributed by atoms with Crippen LogP contribution in [0.15, 0.2) is 48.5 Å². The van der Waals surface area contributed by atoms with E-state index in [2.05, 4.69) is 5.10 Å². The summed E-state index contributed by atoms with van der Waals surface area (Å²) in [6.07, 6.45) is -2.88. The van der Waals surface area contributed by atoms with Crippen LogP contribution in [0, 0.1) is 13.8 Å². The fourth-order valence-corrected chi connectivity index (χ4v) is 3.03. The van der Waals surface area contributed by atoms with Crippen LogP contribution in [0.4, 0.5) is 13.2 Å². The van der Waals surface area contributed by atoms with E-state index in [-0.39, 0.29) is 11.4 Å². The lowest BCUT2D eigenvalue weighted by atomic mass is 10.1. The van der Waals surface area contributed by atoms with Gasteiger partial charge in [0.2, 0.25) is 5.88 Å². The quantitative estimate of drug-likeness (QED) is 0.516. The summed E-state index contributed by atoms with van der Waals surface area (Å²) in [7, 11) is 0. The maximum Gasteiger partial charge on any atom is 0.416 e. The van der Waals surface area contributed by atoms with Crippen molar-refractivity contribution in [1.82, 2.24) is 9.78 Å². The lowest BCUT2D eigenvalue weighted by Crippen LogP contribution is -2.13. The Labute approximate surface area is 166 Å². The molecule has 152 valence electrons. The number of rotatable bonds is 5. The number of carbonyl (C=O) groups is 1. The molecule has 1 heterocycles. The number of nitrogens with zero attached hydrogens (tertiary/aromatic N) is 2. The minimum atomic E-state index is -4.46. The molecule has 0 radical (unpaired) electrons. The largest absolute Gasteiger partial charge is 0.416 e. The zero-order valence-corrected chi connectivity index (χ0v) is 16.4. The summed E-state index contributed by atoms with van der Waals surface area (Å²) in [5.74, 6) is -0.516. The molecule has 29 heavy (non-hydrogen) atoms. The van der Waals surface area contributed by atoms with Crippen molar-refractivity contribution in [3.63, 3.8) is 0 Å². The number of halogens is 3. The minimum Gasteiger partial charge on any atom is -0.404 e. The number of hydrogen-bond acceptors (Lipinski definition) is 3. The van der Waals surface area contributed by atoms with E-state index >= 15 is 0 Å². The van der Waals surface area contributed by atoms with E-state index in [4.69, 9.17) is 4.74 Å². The molecule has 0 saturated carbocycles. The van der Waals surface area contributed by atoms with Crippen molar-refractivity contribution in [2.45, 2.75) is 39.8 Å². The molecule has 3 aromatic rings. The van der Waals surface area contributed by atoms with Gasteiger partial charge >= 0.3 is 12.1 Å². The van der Waals surface area contributed by atoms with Gasteiger partial charge in [0.1, 0.15) is 0 Å². The molecule has 0 atom stereocenters. The van der Waals surface area contributed by atoms with Gasteiger partial charge in [-0.3, -0.25) is 0 Å². The SMILES string of the molecule is CCCc1cc(OC(=O)c2ccc(C(F)(F)F)cc2)n(-c2ccc(C)cc2C)n1. The third kappa shape index (κ3) is 4.67. The van der Waals surface area contributed by atoms with Crippen LogP contribution < -0.4 is 4.74 Å². The maximum atomic E-state index is 12.7. The summed E-state index contributed by atoms with van der Waals surface area (Å²) < 4.78 is 45.2.